The molecule has 0 aromatic heterocycles. The molecule has 19 nitrogen and oxygen atoms in total. The normalized spacial score (nSPS) is 15.8. The van der Waals surface area contributed by atoms with Gasteiger partial charge in [-0.25, -0.2) is 0 Å². The van der Waals surface area contributed by atoms with Crippen molar-refractivity contribution in [2.75, 3.05) is 13.2 Å². The SMILES string of the molecule is CC(C)CC(NC(=O)C(Cc1ccc(O)cc1)NC(=O)C(CO)NC(=O)C(CO)NC(=O)C(NC(=O)C(N)C(C)C)C(C)O)C(=O)NC(C)C(=O)O. The number of phenolic OH excluding ortho intramolecular Hbond substituents is 1. The van der Waals surface area contributed by atoms with E-state index >= 15 is 0 Å². The van der Waals surface area contributed by atoms with E-state index in [1.165, 1.54) is 38.1 Å². The quantitative estimate of drug-likeness (QED) is 0.0579. The number of amides is 6. The van der Waals surface area contributed by atoms with Gasteiger partial charge in [0, 0.05) is 6.42 Å². The molecule has 1 rings (SSSR count). The van der Waals surface area contributed by atoms with Gasteiger partial charge in [-0.05, 0) is 49.8 Å². The van der Waals surface area contributed by atoms with Gasteiger partial charge in [0.25, 0.3) is 0 Å². The number of carbonyl (C=O) groups excluding carboxylic acids is 6. The van der Waals surface area contributed by atoms with E-state index in [2.05, 4.69) is 31.9 Å². The van der Waals surface area contributed by atoms with Crippen molar-refractivity contribution < 1.29 is 59.1 Å². The van der Waals surface area contributed by atoms with E-state index in [0.29, 0.717) is 5.56 Å². The number of hydrogen-bond acceptors (Lipinski definition) is 12. The number of phenols is 1. The Labute approximate surface area is 301 Å². The lowest BCUT2D eigenvalue weighted by molar-refractivity contribution is -0.142. The van der Waals surface area contributed by atoms with Gasteiger partial charge in [-0.3, -0.25) is 33.6 Å². The number of aromatic hydroxyl groups is 1. The van der Waals surface area contributed by atoms with Crippen molar-refractivity contribution >= 4 is 41.4 Å². The van der Waals surface area contributed by atoms with Gasteiger partial charge in [-0.15, -0.1) is 0 Å². The number of aliphatic hydroxyl groups excluding tert-OH is 3. The van der Waals surface area contributed by atoms with Gasteiger partial charge in [0.2, 0.25) is 35.4 Å². The van der Waals surface area contributed by atoms with Crippen LogP contribution in [0.3, 0.4) is 0 Å². The second-order valence-corrected chi connectivity index (χ2v) is 13.2. The minimum Gasteiger partial charge on any atom is -0.508 e. The van der Waals surface area contributed by atoms with E-state index in [0.717, 1.165) is 0 Å². The standard InChI is InChI=1S/C33H53N7O12/c1-15(2)11-21(27(45)35-17(5)33(51)52)36-28(46)22(12-19-7-9-20(44)10-8-19)37-29(47)23(13-41)38-30(48)24(14-42)39-32(50)26(18(6)43)40-31(49)25(34)16(3)4/h7-10,15-18,21-26,41-44H,11-14,34H2,1-6H3,(H,35,45)(H,36,46)(H,37,47)(H,38,48)(H,39,50)(H,40,49)(H,51,52). The van der Waals surface area contributed by atoms with Crippen LogP contribution in [0.25, 0.3) is 0 Å². The summed E-state index contributed by atoms with van der Waals surface area (Å²) in [4.78, 5) is 89.6. The topological polar surface area (TPSA) is 319 Å². The molecule has 0 bridgehead atoms. The number of aliphatic carboxylic acids is 1. The first-order valence-electron chi connectivity index (χ1n) is 16.7. The van der Waals surface area contributed by atoms with E-state index in [4.69, 9.17) is 5.73 Å². The molecule has 0 aliphatic carbocycles. The Morgan fingerprint density at radius 1 is 0.635 bits per heavy atom. The summed E-state index contributed by atoms with van der Waals surface area (Å²) in [5.74, 6) is -7.56. The van der Waals surface area contributed by atoms with Crippen molar-refractivity contribution in [3.05, 3.63) is 29.8 Å². The molecule has 8 unspecified atom stereocenters. The van der Waals surface area contributed by atoms with Crippen LogP contribution >= 0.6 is 0 Å². The van der Waals surface area contributed by atoms with Gasteiger partial charge in [0.05, 0.1) is 25.4 Å². The summed E-state index contributed by atoms with van der Waals surface area (Å²) >= 11 is 0. The van der Waals surface area contributed by atoms with E-state index in [1.807, 2.05) is 0 Å². The van der Waals surface area contributed by atoms with Crippen LogP contribution in [0, 0.1) is 11.8 Å². The van der Waals surface area contributed by atoms with Crippen molar-refractivity contribution in [3.8, 4) is 5.75 Å². The Balaban J connectivity index is 3.22. The smallest absolute Gasteiger partial charge is 0.325 e. The van der Waals surface area contributed by atoms with Crippen molar-refractivity contribution in [2.45, 2.75) is 103 Å². The van der Waals surface area contributed by atoms with E-state index in [9.17, 15) is 59.1 Å². The van der Waals surface area contributed by atoms with Crippen LogP contribution in [-0.4, -0.2) is 129 Å². The van der Waals surface area contributed by atoms with Crippen LogP contribution in [0.4, 0.5) is 0 Å². The molecule has 8 atom stereocenters. The van der Waals surface area contributed by atoms with Crippen molar-refractivity contribution in [3.63, 3.8) is 0 Å². The zero-order valence-corrected chi connectivity index (χ0v) is 30.1. The van der Waals surface area contributed by atoms with Gasteiger partial charge < -0.3 is 63.2 Å². The van der Waals surface area contributed by atoms with Gasteiger partial charge in [-0.1, -0.05) is 39.8 Å². The average molecular weight is 740 g/mol. The van der Waals surface area contributed by atoms with Crippen LogP contribution in [0.2, 0.25) is 0 Å². The number of nitrogens with one attached hydrogen (secondary N) is 6. The Morgan fingerprint density at radius 3 is 1.52 bits per heavy atom. The molecule has 0 aliphatic heterocycles. The minimum absolute atomic E-state index is 0.0788. The maximum atomic E-state index is 13.6. The Morgan fingerprint density at radius 2 is 1.08 bits per heavy atom. The minimum atomic E-state index is -1.74. The molecular weight excluding hydrogens is 686 g/mol. The lowest BCUT2D eigenvalue weighted by Gasteiger charge is -2.27. The molecule has 0 saturated heterocycles. The van der Waals surface area contributed by atoms with Gasteiger partial charge in [0.1, 0.15) is 42.0 Å². The fraction of sp³-hybridized carbons (Fsp3) is 0.606. The average Bonchev–Trinajstić information content (AvgIpc) is 3.07. The molecule has 52 heavy (non-hydrogen) atoms. The third-order valence-electron chi connectivity index (χ3n) is 7.79. The van der Waals surface area contributed by atoms with Crippen molar-refractivity contribution in [1.29, 1.82) is 0 Å². The highest BCUT2D eigenvalue weighted by Crippen LogP contribution is 2.13. The Kier molecular flexibility index (Phi) is 18.7. The summed E-state index contributed by atoms with van der Waals surface area (Å²) in [6.45, 7) is 7.28. The molecule has 13 N–H and O–H groups in total. The fourth-order valence-corrected chi connectivity index (χ4v) is 4.58. The summed E-state index contributed by atoms with van der Waals surface area (Å²) in [5.41, 5.74) is 6.25. The van der Waals surface area contributed by atoms with Gasteiger partial charge >= 0.3 is 5.97 Å². The highest BCUT2D eigenvalue weighted by atomic mass is 16.4. The number of carbonyl (C=O) groups is 7. The molecule has 0 fully saturated rings. The summed E-state index contributed by atoms with van der Waals surface area (Å²) in [6, 6.07) is -4.40. The largest absolute Gasteiger partial charge is 0.508 e. The number of rotatable bonds is 21. The first kappa shape index (κ1) is 45.2. The third kappa shape index (κ3) is 14.8. The number of carboxylic acids is 1. The van der Waals surface area contributed by atoms with Crippen molar-refractivity contribution in [2.24, 2.45) is 17.6 Å². The summed E-state index contributed by atoms with van der Waals surface area (Å²) in [7, 11) is 0. The molecule has 6 amide bonds. The molecule has 0 saturated carbocycles. The number of benzene rings is 1. The first-order valence-corrected chi connectivity index (χ1v) is 16.7. The van der Waals surface area contributed by atoms with E-state index in [-0.39, 0.29) is 30.4 Å². The second kappa shape index (κ2) is 21.5. The molecule has 0 heterocycles. The maximum Gasteiger partial charge on any atom is 0.325 e. The van der Waals surface area contributed by atoms with Crippen LogP contribution in [0.15, 0.2) is 24.3 Å². The zero-order valence-electron chi connectivity index (χ0n) is 30.1. The molecule has 0 spiro atoms. The molecule has 1 aromatic carbocycles. The number of carboxylic acid groups (broad SMARTS) is 1. The molecular formula is C33H53N7O12. The van der Waals surface area contributed by atoms with Crippen LogP contribution in [0.1, 0.15) is 53.5 Å². The van der Waals surface area contributed by atoms with Crippen LogP contribution in [0.5, 0.6) is 5.75 Å². The van der Waals surface area contributed by atoms with Gasteiger partial charge in [-0.2, -0.15) is 0 Å². The van der Waals surface area contributed by atoms with Crippen molar-refractivity contribution in [1.82, 2.24) is 31.9 Å². The summed E-state index contributed by atoms with van der Waals surface area (Å²) in [6.07, 6.45) is -1.56. The highest BCUT2D eigenvalue weighted by Gasteiger charge is 2.34. The summed E-state index contributed by atoms with van der Waals surface area (Å²) < 4.78 is 0. The molecule has 1 aromatic rings. The monoisotopic (exact) mass is 739 g/mol. The van der Waals surface area contributed by atoms with Crippen LogP contribution < -0.4 is 37.6 Å². The highest BCUT2D eigenvalue weighted by molar-refractivity contribution is 5.97. The Bertz CT molecular complexity index is 1390. The van der Waals surface area contributed by atoms with Crippen LogP contribution in [-0.2, 0) is 40.0 Å². The zero-order chi connectivity index (χ0) is 39.9. The molecule has 0 radical (unpaired) electrons. The van der Waals surface area contributed by atoms with E-state index in [1.54, 1.807) is 27.7 Å². The lowest BCUT2D eigenvalue weighted by atomic mass is 10.0. The lowest BCUT2D eigenvalue weighted by Crippen LogP contribution is -2.62. The predicted molar refractivity (Wildman–Crippen MR) is 185 cm³/mol. The predicted octanol–water partition coefficient (Wildman–Crippen LogP) is -3.66. The molecule has 292 valence electrons. The second-order valence-electron chi connectivity index (χ2n) is 13.2. The first-order chi connectivity index (χ1) is 24.2. The third-order valence-corrected chi connectivity index (χ3v) is 7.79. The number of nitrogens with two attached hydrogens (primary N) is 1. The van der Waals surface area contributed by atoms with Gasteiger partial charge in [0.15, 0.2) is 0 Å². The molecule has 0 aliphatic rings. The Hall–Kier alpha value is -4.85. The number of aliphatic hydroxyl groups is 3. The maximum absolute atomic E-state index is 13.6. The summed E-state index contributed by atoms with van der Waals surface area (Å²) in [5, 5.41) is 62.7. The van der Waals surface area contributed by atoms with E-state index < -0.39 is 103 Å². The molecule has 19 heteroatoms. The number of hydrogen-bond donors (Lipinski definition) is 12. The fourth-order valence-electron chi connectivity index (χ4n) is 4.58.